The molecular weight excluding hydrogens is 276 g/mol. The number of nitrogens with zero attached hydrogens (tertiary/aromatic N) is 1. The van der Waals surface area contributed by atoms with Gasteiger partial charge < -0.3 is 5.11 Å². The number of fused-ring (bicyclic) bond motifs is 1. The van der Waals surface area contributed by atoms with Crippen LogP contribution in [0.1, 0.15) is 29.8 Å². The third kappa shape index (κ3) is 3.42. The Balaban J connectivity index is 1.92. The number of carboxylic acids is 1. The summed E-state index contributed by atoms with van der Waals surface area (Å²) in [6.45, 7) is 0. The van der Waals surface area contributed by atoms with Crippen LogP contribution >= 0.6 is 11.3 Å². The molecular formula is C10H14N2O4S2. The minimum Gasteiger partial charge on any atom is -0.481 e. The third-order valence-electron chi connectivity index (χ3n) is 2.64. The molecule has 0 atom stereocenters. The van der Waals surface area contributed by atoms with Gasteiger partial charge in [-0.2, -0.15) is 0 Å². The van der Waals surface area contributed by atoms with E-state index < -0.39 is 16.0 Å². The highest BCUT2D eigenvalue weighted by Gasteiger charge is 2.19. The summed E-state index contributed by atoms with van der Waals surface area (Å²) in [5.41, 5.74) is 0.989. The Bertz CT molecular complexity index is 529. The van der Waals surface area contributed by atoms with Crippen molar-refractivity contribution in [3.8, 4) is 0 Å². The number of aromatic nitrogens is 1. The first-order valence-corrected chi connectivity index (χ1v) is 8.14. The van der Waals surface area contributed by atoms with Crippen molar-refractivity contribution < 1.29 is 18.3 Å². The van der Waals surface area contributed by atoms with Crippen LogP contribution in [0.3, 0.4) is 0 Å². The van der Waals surface area contributed by atoms with E-state index in [2.05, 4.69) is 9.71 Å². The second-order valence-corrected chi connectivity index (χ2v) is 7.09. The lowest BCUT2D eigenvalue weighted by Gasteiger charge is -2.03. The van der Waals surface area contributed by atoms with Crippen LogP contribution in [0.5, 0.6) is 0 Å². The van der Waals surface area contributed by atoms with Crippen LogP contribution in [0.15, 0.2) is 0 Å². The first-order valence-electron chi connectivity index (χ1n) is 5.67. The monoisotopic (exact) mass is 290 g/mol. The zero-order chi connectivity index (χ0) is 13.2. The molecule has 1 heterocycles. The normalized spacial score (nSPS) is 14.4. The Morgan fingerprint density at radius 2 is 2.22 bits per heavy atom. The number of aryl methyl sites for hydroxylation is 2. The van der Waals surface area contributed by atoms with E-state index >= 15 is 0 Å². The maximum atomic E-state index is 11.7. The minimum atomic E-state index is -3.48. The number of rotatable bonds is 6. The molecule has 2 N–H and O–H groups in total. The molecule has 1 aliphatic rings. The Morgan fingerprint density at radius 3 is 2.89 bits per heavy atom. The lowest BCUT2D eigenvalue weighted by Crippen LogP contribution is -2.17. The molecule has 1 aromatic heterocycles. The molecule has 1 aromatic rings. The Morgan fingerprint density at radius 1 is 1.44 bits per heavy atom. The van der Waals surface area contributed by atoms with Crippen molar-refractivity contribution >= 4 is 32.5 Å². The van der Waals surface area contributed by atoms with Gasteiger partial charge in [0.1, 0.15) is 0 Å². The third-order valence-corrected chi connectivity index (χ3v) is 5.17. The van der Waals surface area contributed by atoms with Crippen molar-refractivity contribution in [3.63, 3.8) is 0 Å². The summed E-state index contributed by atoms with van der Waals surface area (Å²) in [6, 6.07) is 0. The number of hydrogen-bond acceptors (Lipinski definition) is 5. The Kier molecular flexibility index (Phi) is 3.86. The number of anilines is 1. The first kappa shape index (κ1) is 13.3. The predicted octanol–water partition coefficient (Wildman–Crippen LogP) is 1.24. The maximum Gasteiger partial charge on any atom is 0.303 e. The molecule has 0 saturated carbocycles. The molecule has 0 aromatic carbocycles. The zero-order valence-electron chi connectivity index (χ0n) is 9.68. The van der Waals surface area contributed by atoms with E-state index in [0.717, 1.165) is 29.8 Å². The van der Waals surface area contributed by atoms with Crippen molar-refractivity contribution in [1.82, 2.24) is 4.98 Å². The fourth-order valence-electron chi connectivity index (χ4n) is 1.83. The summed E-state index contributed by atoms with van der Waals surface area (Å²) in [5.74, 6) is -1.18. The summed E-state index contributed by atoms with van der Waals surface area (Å²) in [5, 5.41) is 8.85. The number of carbonyl (C=O) groups is 1. The van der Waals surface area contributed by atoms with E-state index in [1.807, 2.05) is 0 Å². The molecule has 0 saturated heterocycles. The van der Waals surface area contributed by atoms with E-state index in [-0.39, 0.29) is 18.6 Å². The average Bonchev–Trinajstić information content (AvgIpc) is 2.75. The number of carboxylic acid groups (broad SMARTS) is 1. The van der Waals surface area contributed by atoms with Gasteiger partial charge >= 0.3 is 5.97 Å². The van der Waals surface area contributed by atoms with Crippen molar-refractivity contribution in [2.75, 3.05) is 10.5 Å². The molecule has 0 radical (unpaired) electrons. The summed E-state index contributed by atoms with van der Waals surface area (Å²) in [6.07, 6.45) is 2.92. The Hall–Kier alpha value is -1.15. The van der Waals surface area contributed by atoms with Crippen LogP contribution in [-0.2, 0) is 27.7 Å². The van der Waals surface area contributed by atoms with Gasteiger partial charge in [0.2, 0.25) is 10.0 Å². The smallest absolute Gasteiger partial charge is 0.303 e. The summed E-state index contributed by atoms with van der Waals surface area (Å²) in [4.78, 5) is 15.7. The van der Waals surface area contributed by atoms with Gasteiger partial charge in [-0.3, -0.25) is 9.52 Å². The van der Waals surface area contributed by atoms with Crippen LogP contribution in [0, 0.1) is 0 Å². The van der Waals surface area contributed by atoms with Gasteiger partial charge in [-0.05, 0) is 25.7 Å². The first-order chi connectivity index (χ1) is 8.46. The van der Waals surface area contributed by atoms with E-state index in [9.17, 15) is 13.2 Å². The van der Waals surface area contributed by atoms with E-state index in [1.54, 1.807) is 0 Å². The number of hydrogen-bond donors (Lipinski definition) is 2. The van der Waals surface area contributed by atoms with Gasteiger partial charge in [0, 0.05) is 11.3 Å². The molecule has 0 bridgehead atoms. The largest absolute Gasteiger partial charge is 0.481 e. The van der Waals surface area contributed by atoms with Crippen LogP contribution in [0.4, 0.5) is 5.13 Å². The molecule has 0 fully saturated rings. The second-order valence-electron chi connectivity index (χ2n) is 4.16. The highest BCUT2D eigenvalue weighted by atomic mass is 32.2. The van der Waals surface area contributed by atoms with E-state index in [0.29, 0.717) is 5.13 Å². The van der Waals surface area contributed by atoms with Gasteiger partial charge in [-0.1, -0.05) is 0 Å². The lowest BCUT2D eigenvalue weighted by atomic mass is 10.3. The molecule has 0 amide bonds. The van der Waals surface area contributed by atoms with Gasteiger partial charge in [-0.25, -0.2) is 13.4 Å². The van der Waals surface area contributed by atoms with Crippen molar-refractivity contribution in [3.05, 3.63) is 10.6 Å². The highest BCUT2D eigenvalue weighted by Crippen LogP contribution is 2.30. The molecule has 6 nitrogen and oxygen atoms in total. The summed E-state index contributed by atoms with van der Waals surface area (Å²) in [7, 11) is -3.48. The minimum absolute atomic E-state index is 0.107. The second kappa shape index (κ2) is 5.23. The standard InChI is InChI=1S/C10H14N2O4S2/c13-9(14)5-2-6-18(15,16)12-10-11-7-3-1-4-8(7)17-10/h1-6H2,(H,11,12)(H,13,14). The van der Waals surface area contributed by atoms with Gasteiger partial charge in [0.05, 0.1) is 11.4 Å². The van der Waals surface area contributed by atoms with Crippen LogP contribution < -0.4 is 4.72 Å². The van der Waals surface area contributed by atoms with Gasteiger partial charge in [-0.15, -0.1) is 11.3 Å². The molecule has 8 heteroatoms. The van der Waals surface area contributed by atoms with Gasteiger partial charge in [0.15, 0.2) is 5.13 Å². The highest BCUT2D eigenvalue weighted by molar-refractivity contribution is 7.92. The topological polar surface area (TPSA) is 96.4 Å². The molecule has 2 rings (SSSR count). The zero-order valence-corrected chi connectivity index (χ0v) is 11.3. The fourth-order valence-corrected chi connectivity index (χ4v) is 4.22. The van der Waals surface area contributed by atoms with Gasteiger partial charge in [0.25, 0.3) is 0 Å². The fraction of sp³-hybridized carbons (Fsp3) is 0.600. The predicted molar refractivity (Wildman–Crippen MR) is 68.4 cm³/mol. The number of nitrogens with one attached hydrogen (secondary N) is 1. The summed E-state index contributed by atoms with van der Waals surface area (Å²) >= 11 is 1.37. The van der Waals surface area contributed by atoms with Crippen molar-refractivity contribution in [2.24, 2.45) is 0 Å². The summed E-state index contributed by atoms with van der Waals surface area (Å²) < 4.78 is 25.8. The number of aliphatic carboxylic acids is 1. The van der Waals surface area contributed by atoms with Crippen molar-refractivity contribution in [2.45, 2.75) is 32.1 Å². The molecule has 0 spiro atoms. The SMILES string of the molecule is O=C(O)CCCS(=O)(=O)Nc1nc2c(s1)CCC2. The number of sulfonamides is 1. The van der Waals surface area contributed by atoms with E-state index in [4.69, 9.17) is 5.11 Å². The quantitative estimate of drug-likeness (QED) is 0.821. The van der Waals surface area contributed by atoms with Crippen LogP contribution in [0.2, 0.25) is 0 Å². The van der Waals surface area contributed by atoms with Crippen LogP contribution in [-0.4, -0.2) is 30.2 Å². The van der Waals surface area contributed by atoms with E-state index in [1.165, 1.54) is 11.3 Å². The number of thiazole rings is 1. The average molecular weight is 290 g/mol. The molecule has 0 aliphatic heterocycles. The van der Waals surface area contributed by atoms with Crippen molar-refractivity contribution in [1.29, 1.82) is 0 Å². The van der Waals surface area contributed by atoms with Crippen LogP contribution in [0.25, 0.3) is 0 Å². The molecule has 18 heavy (non-hydrogen) atoms. The molecule has 100 valence electrons. The molecule has 1 aliphatic carbocycles. The lowest BCUT2D eigenvalue weighted by molar-refractivity contribution is -0.137. The molecule has 0 unspecified atom stereocenters. The Labute approximate surface area is 109 Å². The maximum absolute atomic E-state index is 11.7.